The summed E-state index contributed by atoms with van der Waals surface area (Å²) < 4.78 is 44.0. The number of nitrogens with zero attached hydrogens (tertiary/aromatic N) is 3. The zero-order chi connectivity index (χ0) is 22.6. The number of hydrogen-bond acceptors (Lipinski definition) is 5. The van der Waals surface area contributed by atoms with Gasteiger partial charge in [0.1, 0.15) is 0 Å². The molecule has 0 fully saturated rings. The van der Waals surface area contributed by atoms with Crippen LogP contribution in [0.2, 0.25) is 0 Å². The minimum Gasteiger partial charge on any atom is -0.339 e. The molecular weight excluding hydrogens is 421 g/mol. The van der Waals surface area contributed by atoms with Crippen LogP contribution in [-0.2, 0) is 23.8 Å². The Morgan fingerprint density at radius 2 is 1.78 bits per heavy atom. The molecular formula is C23H17F3N4O2. The van der Waals surface area contributed by atoms with Crippen LogP contribution in [0, 0.1) is 0 Å². The summed E-state index contributed by atoms with van der Waals surface area (Å²) in [6.07, 6.45) is -1.12. The fourth-order valence-corrected chi connectivity index (χ4v) is 3.14. The Morgan fingerprint density at radius 1 is 1.00 bits per heavy atom. The maximum absolute atomic E-state index is 12.9. The topological polar surface area (TPSA) is 80.9 Å². The van der Waals surface area contributed by atoms with Crippen molar-refractivity contribution in [1.29, 1.82) is 0 Å². The summed E-state index contributed by atoms with van der Waals surface area (Å²) in [4.78, 5) is 20.8. The number of nitrogens with one attached hydrogen (secondary N) is 1. The molecule has 1 amide bonds. The molecule has 0 aliphatic rings. The van der Waals surface area contributed by atoms with E-state index in [0.29, 0.717) is 17.4 Å². The second-order valence-electron chi connectivity index (χ2n) is 7.00. The number of aromatic nitrogens is 3. The van der Waals surface area contributed by atoms with E-state index >= 15 is 0 Å². The Balaban J connectivity index is 1.46. The molecule has 162 valence electrons. The molecule has 2 aromatic heterocycles. The lowest BCUT2D eigenvalue weighted by Crippen LogP contribution is -2.16. The van der Waals surface area contributed by atoms with E-state index < -0.39 is 17.6 Å². The second kappa shape index (κ2) is 9.01. The number of carbonyl (C=O) groups excluding carboxylic acids is 1. The average molecular weight is 438 g/mol. The zero-order valence-electron chi connectivity index (χ0n) is 16.6. The highest BCUT2D eigenvalue weighted by molar-refractivity contribution is 5.93. The SMILES string of the molecule is O=C(Cc1cccc(C(F)(F)F)c1)Nc1ccccc1Cc1nc(-c2ccncc2)no1. The molecule has 32 heavy (non-hydrogen) atoms. The molecule has 0 radical (unpaired) electrons. The molecule has 0 spiro atoms. The van der Waals surface area contributed by atoms with Gasteiger partial charge in [-0.05, 0) is 35.4 Å². The Hall–Kier alpha value is -4.01. The van der Waals surface area contributed by atoms with Crippen molar-refractivity contribution in [3.05, 3.63) is 95.6 Å². The molecule has 4 rings (SSSR count). The van der Waals surface area contributed by atoms with Crippen molar-refractivity contribution in [2.45, 2.75) is 19.0 Å². The molecule has 0 atom stereocenters. The van der Waals surface area contributed by atoms with Gasteiger partial charge in [-0.2, -0.15) is 18.2 Å². The molecule has 4 aromatic rings. The van der Waals surface area contributed by atoms with Crippen LogP contribution in [0.4, 0.5) is 18.9 Å². The van der Waals surface area contributed by atoms with E-state index in [1.807, 2.05) is 0 Å². The molecule has 0 unspecified atom stereocenters. The number of rotatable bonds is 6. The predicted molar refractivity (Wildman–Crippen MR) is 111 cm³/mol. The van der Waals surface area contributed by atoms with E-state index in [1.54, 1.807) is 48.8 Å². The molecule has 9 heteroatoms. The number of benzene rings is 2. The Morgan fingerprint density at radius 3 is 2.56 bits per heavy atom. The van der Waals surface area contributed by atoms with E-state index in [1.165, 1.54) is 12.1 Å². The first kappa shape index (κ1) is 21.2. The third-order valence-corrected chi connectivity index (χ3v) is 4.66. The third-order valence-electron chi connectivity index (χ3n) is 4.66. The molecule has 1 N–H and O–H groups in total. The summed E-state index contributed by atoms with van der Waals surface area (Å²) in [6, 6.07) is 15.3. The predicted octanol–water partition coefficient (Wildman–Crippen LogP) is 4.92. The highest BCUT2D eigenvalue weighted by Crippen LogP contribution is 2.29. The summed E-state index contributed by atoms with van der Waals surface area (Å²) >= 11 is 0. The van der Waals surface area contributed by atoms with Gasteiger partial charge in [-0.25, -0.2) is 0 Å². The zero-order valence-corrected chi connectivity index (χ0v) is 16.6. The summed E-state index contributed by atoms with van der Waals surface area (Å²) in [5.41, 5.74) is 1.50. The van der Waals surface area contributed by atoms with Crippen LogP contribution >= 0.6 is 0 Å². The molecule has 0 saturated carbocycles. The van der Waals surface area contributed by atoms with Crippen LogP contribution in [0.3, 0.4) is 0 Å². The van der Waals surface area contributed by atoms with Gasteiger partial charge in [0.2, 0.25) is 17.6 Å². The van der Waals surface area contributed by atoms with Crippen LogP contribution < -0.4 is 5.32 Å². The summed E-state index contributed by atoms with van der Waals surface area (Å²) in [5.74, 6) is 0.352. The molecule has 2 aromatic carbocycles. The Bertz CT molecular complexity index is 1220. The van der Waals surface area contributed by atoms with Gasteiger partial charge in [0.15, 0.2) is 0 Å². The van der Waals surface area contributed by atoms with Crippen molar-refractivity contribution >= 4 is 11.6 Å². The minimum absolute atomic E-state index is 0.189. The first-order chi connectivity index (χ1) is 15.4. The lowest BCUT2D eigenvalue weighted by Gasteiger charge is -2.11. The average Bonchev–Trinajstić information content (AvgIpc) is 3.24. The molecule has 6 nitrogen and oxygen atoms in total. The Kier molecular flexibility index (Phi) is 5.98. The highest BCUT2D eigenvalue weighted by Gasteiger charge is 2.30. The third kappa shape index (κ3) is 5.18. The maximum atomic E-state index is 12.9. The summed E-state index contributed by atoms with van der Waals surface area (Å²) in [6.45, 7) is 0. The van der Waals surface area contributed by atoms with E-state index in [0.717, 1.165) is 23.3 Å². The maximum Gasteiger partial charge on any atom is 0.416 e. The van der Waals surface area contributed by atoms with Gasteiger partial charge >= 0.3 is 6.18 Å². The summed E-state index contributed by atoms with van der Waals surface area (Å²) in [7, 11) is 0. The standard InChI is InChI=1S/C23H17F3N4O2/c24-23(25,26)18-6-3-4-15(12-18)13-20(31)28-19-7-2-1-5-17(19)14-21-29-22(30-32-21)16-8-10-27-11-9-16/h1-12H,13-14H2,(H,28,31). The van der Waals surface area contributed by atoms with Crippen LogP contribution in [0.5, 0.6) is 0 Å². The van der Waals surface area contributed by atoms with Gasteiger partial charge in [0.25, 0.3) is 0 Å². The van der Waals surface area contributed by atoms with Crippen molar-refractivity contribution in [2.24, 2.45) is 0 Å². The van der Waals surface area contributed by atoms with Crippen molar-refractivity contribution < 1.29 is 22.5 Å². The number of pyridine rings is 1. The smallest absolute Gasteiger partial charge is 0.339 e. The second-order valence-corrected chi connectivity index (χ2v) is 7.00. The monoisotopic (exact) mass is 438 g/mol. The molecule has 2 heterocycles. The number of para-hydroxylation sites is 1. The lowest BCUT2D eigenvalue weighted by molar-refractivity contribution is -0.137. The lowest BCUT2D eigenvalue weighted by atomic mass is 10.1. The molecule has 0 aliphatic heterocycles. The van der Waals surface area contributed by atoms with Crippen molar-refractivity contribution in [3.63, 3.8) is 0 Å². The van der Waals surface area contributed by atoms with Gasteiger partial charge in [0, 0.05) is 23.6 Å². The Labute approximate surface area is 181 Å². The normalized spacial score (nSPS) is 11.3. The minimum atomic E-state index is -4.46. The number of hydrogen-bond donors (Lipinski definition) is 1. The largest absolute Gasteiger partial charge is 0.416 e. The fraction of sp³-hybridized carbons (Fsp3) is 0.130. The number of amides is 1. The first-order valence-electron chi connectivity index (χ1n) is 9.65. The molecule has 0 saturated heterocycles. The number of alkyl halides is 3. The van der Waals surface area contributed by atoms with E-state index in [4.69, 9.17) is 4.52 Å². The van der Waals surface area contributed by atoms with Crippen molar-refractivity contribution in [2.75, 3.05) is 5.32 Å². The van der Waals surface area contributed by atoms with Gasteiger partial charge in [0.05, 0.1) is 18.4 Å². The van der Waals surface area contributed by atoms with Crippen molar-refractivity contribution in [1.82, 2.24) is 15.1 Å². The van der Waals surface area contributed by atoms with Gasteiger partial charge < -0.3 is 9.84 Å². The van der Waals surface area contributed by atoms with Crippen molar-refractivity contribution in [3.8, 4) is 11.4 Å². The molecule has 0 aliphatic carbocycles. The van der Waals surface area contributed by atoms with Crippen LogP contribution in [0.1, 0.15) is 22.6 Å². The van der Waals surface area contributed by atoms with E-state index in [2.05, 4.69) is 20.4 Å². The van der Waals surface area contributed by atoms with Gasteiger partial charge in [-0.3, -0.25) is 9.78 Å². The van der Waals surface area contributed by atoms with Crippen LogP contribution in [0.15, 0.2) is 77.6 Å². The van der Waals surface area contributed by atoms with Crippen LogP contribution in [-0.4, -0.2) is 21.0 Å². The quantitative estimate of drug-likeness (QED) is 0.462. The van der Waals surface area contributed by atoms with Gasteiger partial charge in [-0.15, -0.1) is 0 Å². The number of carbonyl (C=O) groups is 1. The summed E-state index contributed by atoms with van der Waals surface area (Å²) in [5, 5.41) is 6.72. The fourth-order valence-electron chi connectivity index (χ4n) is 3.14. The first-order valence-corrected chi connectivity index (χ1v) is 9.65. The molecule has 0 bridgehead atoms. The van der Waals surface area contributed by atoms with Gasteiger partial charge in [-0.1, -0.05) is 41.6 Å². The van der Waals surface area contributed by atoms with E-state index in [-0.39, 0.29) is 18.4 Å². The van der Waals surface area contributed by atoms with Crippen LogP contribution in [0.25, 0.3) is 11.4 Å². The highest BCUT2D eigenvalue weighted by atomic mass is 19.4. The number of anilines is 1. The number of halogens is 3. The van der Waals surface area contributed by atoms with E-state index in [9.17, 15) is 18.0 Å².